The molecule has 0 saturated heterocycles. The van der Waals surface area contributed by atoms with E-state index in [1.165, 1.54) is 12.1 Å². The number of hydrogen-bond donors (Lipinski definition) is 0. The molecule has 0 aliphatic heterocycles. The fourth-order valence-electron chi connectivity index (χ4n) is 2.83. The quantitative estimate of drug-likeness (QED) is 0.163. The van der Waals surface area contributed by atoms with Gasteiger partial charge in [-0.25, -0.2) is 14.4 Å². The van der Waals surface area contributed by atoms with Crippen LogP contribution in [-0.4, -0.2) is 31.1 Å². The molecule has 0 radical (unpaired) electrons. The van der Waals surface area contributed by atoms with E-state index in [1.807, 2.05) is 0 Å². The number of benzene rings is 3. The van der Waals surface area contributed by atoms with Gasteiger partial charge in [-0.05, 0) is 66.2 Å². The second kappa shape index (κ2) is 12.6. The summed E-state index contributed by atoms with van der Waals surface area (Å²) in [5, 5.41) is 0. The summed E-state index contributed by atoms with van der Waals surface area (Å²) < 4.78 is 21.1. The molecule has 0 fully saturated rings. The number of esters is 3. The van der Waals surface area contributed by atoms with Gasteiger partial charge in [-0.2, -0.15) is 0 Å². The van der Waals surface area contributed by atoms with Gasteiger partial charge in [-0.1, -0.05) is 31.4 Å². The summed E-state index contributed by atoms with van der Waals surface area (Å²) in [6.07, 6.45) is 3.31. The maximum atomic E-state index is 12.4. The molecule has 0 unspecified atom stereocenters. The summed E-state index contributed by atoms with van der Waals surface area (Å²) in [5.41, 5.74) is 1.66. The molecule has 3 aromatic rings. The smallest absolute Gasteiger partial charge is 0.343 e. The minimum absolute atomic E-state index is 0.232. The van der Waals surface area contributed by atoms with Crippen LogP contribution in [0, 0.1) is 0 Å². The molecule has 0 aliphatic carbocycles. The average molecular weight is 472 g/mol. The van der Waals surface area contributed by atoms with E-state index in [1.54, 1.807) is 66.7 Å². The van der Waals surface area contributed by atoms with E-state index < -0.39 is 17.9 Å². The van der Waals surface area contributed by atoms with E-state index in [-0.39, 0.29) is 6.61 Å². The van der Waals surface area contributed by atoms with Crippen LogP contribution in [0.4, 0.5) is 0 Å². The molecule has 3 rings (SSSR count). The highest BCUT2D eigenvalue weighted by atomic mass is 16.5. The van der Waals surface area contributed by atoms with Crippen LogP contribution in [0.25, 0.3) is 6.08 Å². The lowest BCUT2D eigenvalue weighted by Crippen LogP contribution is -2.10. The van der Waals surface area contributed by atoms with E-state index >= 15 is 0 Å². The van der Waals surface area contributed by atoms with Gasteiger partial charge in [-0.3, -0.25) is 0 Å². The van der Waals surface area contributed by atoms with E-state index in [0.717, 1.165) is 11.6 Å². The van der Waals surface area contributed by atoms with E-state index in [4.69, 9.17) is 18.9 Å². The van der Waals surface area contributed by atoms with Crippen molar-refractivity contribution < 1.29 is 33.3 Å². The van der Waals surface area contributed by atoms with Crippen LogP contribution in [0.3, 0.4) is 0 Å². The summed E-state index contributed by atoms with van der Waals surface area (Å²) in [4.78, 5) is 35.6. The lowest BCUT2D eigenvalue weighted by Gasteiger charge is -2.08. The number of hydrogen-bond acceptors (Lipinski definition) is 7. The number of rotatable bonds is 11. The first-order valence-corrected chi connectivity index (χ1v) is 10.8. The van der Waals surface area contributed by atoms with Gasteiger partial charge in [0.25, 0.3) is 0 Å². The Morgan fingerprint density at radius 1 is 0.657 bits per heavy atom. The lowest BCUT2D eigenvalue weighted by molar-refractivity contribution is -0.137. The molecule has 0 aromatic heterocycles. The monoisotopic (exact) mass is 472 g/mol. The van der Waals surface area contributed by atoms with Gasteiger partial charge in [0.2, 0.25) is 0 Å². The standard InChI is InChI=1S/C28H24O7/c1-3-20-6-8-21(9-7-20)27(30)34-24-14-16-25(17-15-24)35-28(31)22-10-12-23(13-11-22)32-18-5-19-33-26(29)4-2/h3-4,6-17H,1-2,5,18-19H2. The maximum absolute atomic E-state index is 12.4. The van der Waals surface area contributed by atoms with Gasteiger partial charge in [0.1, 0.15) is 17.2 Å². The third-order valence-corrected chi connectivity index (χ3v) is 4.69. The molecular formula is C28H24O7. The van der Waals surface area contributed by atoms with Crippen molar-refractivity contribution in [3.05, 3.63) is 109 Å². The Morgan fingerprint density at radius 3 is 1.63 bits per heavy atom. The Morgan fingerprint density at radius 2 is 1.14 bits per heavy atom. The van der Waals surface area contributed by atoms with Crippen LogP contribution in [-0.2, 0) is 9.53 Å². The highest BCUT2D eigenvalue weighted by Gasteiger charge is 2.11. The molecule has 0 saturated carbocycles. The largest absolute Gasteiger partial charge is 0.493 e. The Labute approximate surface area is 203 Å². The molecule has 35 heavy (non-hydrogen) atoms. The number of carbonyl (C=O) groups excluding carboxylic acids is 3. The Hall–Kier alpha value is -4.65. The van der Waals surface area contributed by atoms with Gasteiger partial charge in [0.15, 0.2) is 0 Å². The number of carbonyl (C=O) groups is 3. The van der Waals surface area contributed by atoms with Gasteiger partial charge in [0, 0.05) is 12.5 Å². The topological polar surface area (TPSA) is 88.1 Å². The zero-order valence-electron chi connectivity index (χ0n) is 19.0. The normalized spacial score (nSPS) is 10.1. The first-order chi connectivity index (χ1) is 17.0. The maximum Gasteiger partial charge on any atom is 0.343 e. The fourth-order valence-corrected chi connectivity index (χ4v) is 2.83. The van der Waals surface area contributed by atoms with Crippen LogP contribution in [0.1, 0.15) is 32.7 Å². The van der Waals surface area contributed by atoms with Crippen LogP contribution in [0.2, 0.25) is 0 Å². The number of ether oxygens (including phenoxy) is 4. The average Bonchev–Trinajstić information content (AvgIpc) is 2.89. The summed E-state index contributed by atoms with van der Waals surface area (Å²) >= 11 is 0. The lowest BCUT2D eigenvalue weighted by atomic mass is 10.1. The molecule has 0 amide bonds. The van der Waals surface area contributed by atoms with Crippen molar-refractivity contribution in [1.82, 2.24) is 0 Å². The van der Waals surface area contributed by atoms with Crippen molar-refractivity contribution in [2.45, 2.75) is 6.42 Å². The third kappa shape index (κ3) is 7.71. The SMILES string of the molecule is C=CC(=O)OCCCOc1ccc(C(=O)Oc2ccc(OC(=O)c3ccc(C=C)cc3)cc2)cc1. The molecule has 0 bridgehead atoms. The van der Waals surface area contributed by atoms with E-state index in [9.17, 15) is 14.4 Å². The van der Waals surface area contributed by atoms with Crippen LogP contribution >= 0.6 is 0 Å². The predicted octanol–water partition coefficient (Wildman–Crippen LogP) is 5.27. The summed E-state index contributed by atoms with van der Waals surface area (Å²) in [7, 11) is 0. The van der Waals surface area contributed by atoms with Crippen molar-refractivity contribution in [2.75, 3.05) is 13.2 Å². The van der Waals surface area contributed by atoms with Crippen LogP contribution < -0.4 is 14.2 Å². The summed E-state index contributed by atoms with van der Waals surface area (Å²) in [5.74, 6) is -0.312. The summed E-state index contributed by atoms with van der Waals surface area (Å²) in [6, 6.07) is 19.5. The molecule has 0 aliphatic rings. The van der Waals surface area contributed by atoms with Gasteiger partial charge < -0.3 is 18.9 Å². The minimum Gasteiger partial charge on any atom is -0.493 e. The molecule has 0 N–H and O–H groups in total. The van der Waals surface area contributed by atoms with Crippen LogP contribution in [0.5, 0.6) is 17.2 Å². The first kappa shape index (κ1) is 25.0. The highest BCUT2D eigenvalue weighted by molar-refractivity contribution is 5.92. The second-order valence-corrected chi connectivity index (χ2v) is 7.17. The molecule has 0 spiro atoms. The second-order valence-electron chi connectivity index (χ2n) is 7.17. The Kier molecular flexibility index (Phi) is 8.96. The fraction of sp³-hybridized carbons (Fsp3) is 0.107. The first-order valence-electron chi connectivity index (χ1n) is 10.8. The zero-order chi connectivity index (χ0) is 25.0. The third-order valence-electron chi connectivity index (χ3n) is 4.69. The molecule has 7 heteroatoms. The van der Waals surface area contributed by atoms with Gasteiger partial charge >= 0.3 is 17.9 Å². The zero-order valence-corrected chi connectivity index (χ0v) is 19.0. The van der Waals surface area contributed by atoms with Crippen molar-refractivity contribution in [3.8, 4) is 17.2 Å². The van der Waals surface area contributed by atoms with Crippen LogP contribution in [0.15, 0.2) is 92.0 Å². The van der Waals surface area contributed by atoms with E-state index in [2.05, 4.69) is 13.2 Å². The molecule has 3 aromatic carbocycles. The van der Waals surface area contributed by atoms with E-state index in [0.29, 0.717) is 41.4 Å². The highest BCUT2D eigenvalue weighted by Crippen LogP contribution is 2.21. The van der Waals surface area contributed by atoms with Gasteiger partial charge in [-0.15, -0.1) is 0 Å². The van der Waals surface area contributed by atoms with Crippen molar-refractivity contribution in [2.24, 2.45) is 0 Å². The molecule has 0 heterocycles. The van der Waals surface area contributed by atoms with Crippen molar-refractivity contribution in [3.63, 3.8) is 0 Å². The molecule has 178 valence electrons. The Bertz CT molecular complexity index is 1180. The van der Waals surface area contributed by atoms with Gasteiger partial charge in [0.05, 0.1) is 24.3 Å². The molecule has 7 nitrogen and oxygen atoms in total. The van der Waals surface area contributed by atoms with Crippen molar-refractivity contribution >= 4 is 24.0 Å². The minimum atomic E-state index is -0.542. The van der Waals surface area contributed by atoms with Crippen molar-refractivity contribution in [1.29, 1.82) is 0 Å². The predicted molar refractivity (Wildman–Crippen MR) is 131 cm³/mol. The molecular weight excluding hydrogens is 448 g/mol. The Balaban J connectivity index is 1.47. The molecule has 0 atom stereocenters. The summed E-state index contributed by atoms with van der Waals surface area (Å²) in [6.45, 7) is 7.58.